The molecule has 0 aromatic heterocycles. The van der Waals surface area contributed by atoms with Crippen LogP contribution in [-0.4, -0.2) is 55.5 Å². The molecule has 2 atom stereocenters. The minimum absolute atomic E-state index is 0.293. The van der Waals surface area contributed by atoms with Gasteiger partial charge in [0.25, 0.3) is 0 Å². The lowest BCUT2D eigenvalue weighted by molar-refractivity contribution is -0.145. The predicted molar refractivity (Wildman–Crippen MR) is 73.3 cm³/mol. The smallest absolute Gasteiger partial charge is 0.410 e. The van der Waals surface area contributed by atoms with Gasteiger partial charge in [0.2, 0.25) is 0 Å². The third-order valence-corrected chi connectivity index (χ3v) is 3.34. The van der Waals surface area contributed by atoms with Gasteiger partial charge in [-0.3, -0.25) is 9.69 Å². The third-order valence-electron chi connectivity index (χ3n) is 3.34. The van der Waals surface area contributed by atoms with Crippen molar-refractivity contribution in [1.29, 1.82) is 0 Å². The van der Waals surface area contributed by atoms with Crippen LogP contribution in [0.2, 0.25) is 0 Å². The highest BCUT2D eigenvalue weighted by Gasteiger charge is 2.48. The topological polar surface area (TPSA) is 65.1 Å². The number of esters is 1. The molecule has 1 heterocycles. The standard InChI is InChI=1S/C14H25NO5/c1-13(2,3)20-12(17)15-8-10(11(16)19-6)7-14(15,4)9-18-5/h10H,7-9H2,1-6H3/t10-,14-/m0/s1/i11+1. The summed E-state index contributed by atoms with van der Waals surface area (Å²) in [5, 5.41) is 0. The van der Waals surface area contributed by atoms with E-state index in [0.29, 0.717) is 19.6 Å². The number of likely N-dealkylation sites (tertiary alicyclic amines) is 1. The number of rotatable bonds is 3. The summed E-state index contributed by atoms with van der Waals surface area (Å²) in [4.78, 5) is 25.6. The lowest BCUT2D eigenvalue weighted by Gasteiger charge is -2.35. The van der Waals surface area contributed by atoms with Crippen molar-refractivity contribution in [3.05, 3.63) is 0 Å². The monoisotopic (exact) mass is 288 g/mol. The number of amides is 1. The first-order chi connectivity index (χ1) is 9.13. The van der Waals surface area contributed by atoms with Gasteiger partial charge in [0, 0.05) is 13.7 Å². The molecule has 0 saturated carbocycles. The Morgan fingerprint density at radius 1 is 1.30 bits per heavy atom. The van der Waals surface area contributed by atoms with E-state index in [1.165, 1.54) is 7.11 Å². The molecule has 1 fully saturated rings. The molecule has 1 amide bonds. The van der Waals surface area contributed by atoms with Crippen LogP contribution in [-0.2, 0) is 19.0 Å². The minimum atomic E-state index is -0.575. The van der Waals surface area contributed by atoms with E-state index in [-0.39, 0.29) is 11.9 Å². The number of hydrogen-bond acceptors (Lipinski definition) is 5. The van der Waals surface area contributed by atoms with Crippen molar-refractivity contribution in [3.63, 3.8) is 0 Å². The average Bonchev–Trinajstić information content (AvgIpc) is 2.64. The molecule has 1 aliphatic rings. The summed E-state index contributed by atoms with van der Waals surface area (Å²) in [6.45, 7) is 7.97. The highest BCUT2D eigenvalue weighted by Crippen LogP contribution is 2.35. The van der Waals surface area contributed by atoms with Gasteiger partial charge in [-0.1, -0.05) is 0 Å². The Hall–Kier alpha value is -1.30. The van der Waals surface area contributed by atoms with E-state index in [1.54, 1.807) is 12.0 Å². The van der Waals surface area contributed by atoms with Gasteiger partial charge >= 0.3 is 12.1 Å². The fourth-order valence-electron chi connectivity index (χ4n) is 2.53. The summed E-state index contributed by atoms with van der Waals surface area (Å²) in [5.74, 6) is -0.647. The summed E-state index contributed by atoms with van der Waals surface area (Å²) >= 11 is 0. The predicted octanol–water partition coefficient (Wildman–Crippen LogP) is 1.82. The van der Waals surface area contributed by atoms with Gasteiger partial charge in [-0.05, 0) is 34.1 Å². The first-order valence-electron chi connectivity index (χ1n) is 6.70. The molecule has 116 valence electrons. The van der Waals surface area contributed by atoms with E-state index in [9.17, 15) is 9.59 Å². The Morgan fingerprint density at radius 2 is 1.90 bits per heavy atom. The summed E-state index contributed by atoms with van der Waals surface area (Å²) in [6, 6.07) is 0. The van der Waals surface area contributed by atoms with Crippen LogP contribution in [0.4, 0.5) is 4.79 Å². The molecule has 0 spiro atoms. The second-order valence-electron chi connectivity index (χ2n) is 6.45. The molecule has 0 bridgehead atoms. The van der Waals surface area contributed by atoms with Crippen molar-refractivity contribution in [2.75, 3.05) is 27.4 Å². The maximum atomic E-state index is 12.3. The fraction of sp³-hybridized carbons (Fsp3) is 0.857. The highest BCUT2D eigenvalue weighted by molar-refractivity contribution is 5.76. The summed E-state index contributed by atoms with van der Waals surface area (Å²) in [6.07, 6.45) is 0.0793. The van der Waals surface area contributed by atoms with Crippen LogP contribution in [0.25, 0.3) is 0 Å². The van der Waals surface area contributed by atoms with Gasteiger partial charge in [-0.15, -0.1) is 0 Å². The molecule has 1 aliphatic heterocycles. The number of ether oxygens (including phenoxy) is 3. The van der Waals surface area contributed by atoms with Crippen LogP contribution in [0.1, 0.15) is 34.1 Å². The molecule has 0 unspecified atom stereocenters. The van der Waals surface area contributed by atoms with Gasteiger partial charge in [0.1, 0.15) is 5.60 Å². The van der Waals surface area contributed by atoms with Gasteiger partial charge < -0.3 is 14.2 Å². The molecular formula is C14H25NO5. The van der Waals surface area contributed by atoms with Crippen LogP contribution in [0.5, 0.6) is 0 Å². The Morgan fingerprint density at radius 3 is 2.35 bits per heavy atom. The Labute approximate surface area is 120 Å². The molecule has 6 nitrogen and oxygen atoms in total. The van der Waals surface area contributed by atoms with Crippen molar-refractivity contribution in [2.24, 2.45) is 5.92 Å². The largest absolute Gasteiger partial charge is 0.469 e. The molecule has 1 rings (SSSR count). The molecule has 6 heteroatoms. The first-order valence-corrected chi connectivity index (χ1v) is 6.70. The number of methoxy groups -OCH3 is 2. The van der Waals surface area contributed by atoms with Crippen molar-refractivity contribution in [1.82, 2.24) is 4.90 Å². The van der Waals surface area contributed by atoms with Crippen LogP contribution in [0, 0.1) is 5.92 Å². The molecule has 0 aliphatic carbocycles. The van der Waals surface area contributed by atoms with Gasteiger partial charge in [-0.2, -0.15) is 0 Å². The van der Waals surface area contributed by atoms with Crippen LogP contribution in [0.3, 0.4) is 0 Å². The lowest BCUT2D eigenvalue weighted by atomic mass is 9.98. The molecular weight excluding hydrogens is 263 g/mol. The summed E-state index contributed by atoms with van der Waals surface area (Å²) < 4.78 is 15.4. The zero-order valence-corrected chi connectivity index (χ0v) is 13.2. The molecule has 0 aromatic rings. The van der Waals surface area contributed by atoms with Crippen molar-refractivity contribution in [3.8, 4) is 0 Å². The van der Waals surface area contributed by atoms with E-state index in [1.807, 2.05) is 27.7 Å². The highest BCUT2D eigenvalue weighted by atomic mass is 16.6. The van der Waals surface area contributed by atoms with Gasteiger partial charge in [0.05, 0.1) is 25.2 Å². The summed E-state index contributed by atoms with van der Waals surface area (Å²) in [7, 11) is 2.93. The maximum Gasteiger partial charge on any atom is 0.410 e. The normalized spacial score (nSPS) is 26.5. The maximum absolute atomic E-state index is 12.3. The van der Waals surface area contributed by atoms with E-state index in [0.717, 1.165) is 0 Å². The molecule has 0 N–H and O–H groups in total. The van der Waals surface area contributed by atoms with E-state index in [2.05, 4.69) is 0 Å². The lowest BCUT2D eigenvalue weighted by Crippen LogP contribution is -2.49. The number of carbonyl (C=O) groups excluding carboxylic acids is 2. The Balaban J connectivity index is 2.90. The number of hydrogen-bond donors (Lipinski definition) is 0. The third kappa shape index (κ3) is 3.85. The SMILES string of the molecule is COC[C@]1(C)C[C@H]([13C](=O)OC)CN1C(=O)OC(C)(C)C. The fourth-order valence-corrected chi connectivity index (χ4v) is 2.53. The van der Waals surface area contributed by atoms with Crippen molar-refractivity contribution >= 4 is 12.1 Å². The number of carbonyl (C=O) groups is 2. The zero-order valence-electron chi connectivity index (χ0n) is 13.2. The van der Waals surface area contributed by atoms with Gasteiger partial charge in [0.15, 0.2) is 0 Å². The van der Waals surface area contributed by atoms with Gasteiger partial charge in [-0.25, -0.2) is 4.79 Å². The molecule has 20 heavy (non-hydrogen) atoms. The zero-order chi connectivity index (χ0) is 15.6. The quantitative estimate of drug-likeness (QED) is 0.585. The minimum Gasteiger partial charge on any atom is -0.469 e. The summed E-state index contributed by atoms with van der Waals surface area (Å²) in [5.41, 5.74) is -1.13. The van der Waals surface area contributed by atoms with E-state index in [4.69, 9.17) is 14.2 Å². The van der Waals surface area contributed by atoms with E-state index >= 15 is 0 Å². The van der Waals surface area contributed by atoms with Crippen LogP contribution < -0.4 is 0 Å². The molecule has 0 aromatic carbocycles. The molecule has 1 saturated heterocycles. The molecule has 0 radical (unpaired) electrons. The first kappa shape index (κ1) is 16.8. The second kappa shape index (κ2) is 5.99. The number of nitrogens with zero attached hydrogens (tertiary/aromatic N) is 1. The van der Waals surface area contributed by atoms with E-state index < -0.39 is 17.2 Å². The average molecular weight is 288 g/mol. The van der Waals surface area contributed by atoms with Crippen molar-refractivity contribution < 1.29 is 23.8 Å². The second-order valence-corrected chi connectivity index (χ2v) is 6.45. The Kier molecular flexibility index (Phi) is 5.02. The van der Waals surface area contributed by atoms with Crippen molar-refractivity contribution in [2.45, 2.75) is 45.3 Å². The van der Waals surface area contributed by atoms with Crippen LogP contribution in [0.15, 0.2) is 0 Å². The van der Waals surface area contributed by atoms with Crippen LogP contribution >= 0.6 is 0 Å². The Bertz CT molecular complexity index is 376.